The maximum Gasteiger partial charge on any atom is 0.415 e. The predicted octanol–water partition coefficient (Wildman–Crippen LogP) is 1.83. The van der Waals surface area contributed by atoms with Crippen LogP contribution in [0.5, 0.6) is 5.75 Å². The smallest absolute Gasteiger partial charge is 0.415 e. The van der Waals surface area contributed by atoms with Crippen molar-refractivity contribution in [3.05, 3.63) is 57.4 Å². The van der Waals surface area contributed by atoms with Crippen molar-refractivity contribution in [3.8, 4) is 17.1 Å². The lowest BCUT2D eigenvalue weighted by molar-refractivity contribution is -0.172. The molecule has 13 heteroatoms. The summed E-state index contributed by atoms with van der Waals surface area (Å²) < 4.78 is 12.0. The van der Waals surface area contributed by atoms with E-state index in [4.69, 9.17) is 24.7 Å². The number of esters is 1. The summed E-state index contributed by atoms with van der Waals surface area (Å²) in [5.41, 5.74) is 0.330. The van der Waals surface area contributed by atoms with Crippen LogP contribution in [0.3, 0.4) is 0 Å². The van der Waals surface area contributed by atoms with Crippen LogP contribution in [0.2, 0.25) is 0 Å². The highest BCUT2D eigenvalue weighted by molar-refractivity contribution is 5.87. The van der Waals surface area contributed by atoms with Gasteiger partial charge >= 0.3 is 24.0 Å². The Balaban J connectivity index is 1.45. The number of amides is 1. The SMILES string of the molecule is CC[C@@]1(O)C(=O)OCc2c1cc1n(c2=O)Cc2cc3cc(OC(=O)N(CCC(=O)O)CCC(=O)O)ccc3nc2-1. The number of hydrogen-bond donors (Lipinski definition) is 3. The first kappa shape index (κ1) is 26.8. The minimum absolute atomic E-state index is 0.0330. The summed E-state index contributed by atoms with van der Waals surface area (Å²) in [5.74, 6) is -2.94. The zero-order valence-electron chi connectivity index (χ0n) is 21.4. The number of rotatable bonds is 8. The molecule has 3 N–H and O–H groups in total. The second kappa shape index (κ2) is 10.1. The van der Waals surface area contributed by atoms with E-state index in [1.54, 1.807) is 31.2 Å². The number of carboxylic acids is 2. The number of carboxylic acid groups (broad SMARTS) is 2. The number of hydrogen-bond acceptors (Lipinski definition) is 9. The van der Waals surface area contributed by atoms with Crippen molar-refractivity contribution in [2.75, 3.05) is 13.1 Å². The number of pyridine rings is 2. The summed E-state index contributed by atoms with van der Waals surface area (Å²) in [6, 6.07) is 8.07. The molecule has 13 nitrogen and oxygen atoms in total. The third kappa shape index (κ3) is 4.64. The van der Waals surface area contributed by atoms with E-state index in [9.17, 15) is 29.1 Å². The van der Waals surface area contributed by atoms with Gasteiger partial charge in [0.2, 0.25) is 0 Å². The number of aromatic nitrogens is 2. The van der Waals surface area contributed by atoms with Gasteiger partial charge < -0.3 is 34.3 Å². The van der Waals surface area contributed by atoms with Gasteiger partial charge in [-0.25, -0.2) is 14.6 Å². The van der Waals surface area contributed by atoms with E-state index >= 15 is 0 Å². The highest BCUT2D eigenvalue weighted by atomic mass is 16.6. The largest absolute Gasteiger partial charge is 0.481 e. The molecular weight excluding hydrogens is 526 g/mol. The van der Waals surface area contributed by atoms with Crippen LogP contribution >= 0.6 is 0 Å². The third-order valence-electron chi connectivity index (χ3n) is 7.13. The van der Waals surface area contributed by atoms with Crippen LogP contribution in [0.1, 0.15) is 42.9 Å². The molecule has 0 spiro atoms. The van der Waals surface area contributed by atoms with E-state index in [0.717, 1.165) is 4.90 Å². The highest BCUT2D eigenvalue weighted by Crippen LogP contribution is 2.38. The lowest BCUT2D eigenvalue weighted by atomic mass is 9.86. The molecule has 208 valence electrons. The summed E-state index contributed by atoms with van der Waals surface area (Å²) >= 11 is 0. The van der Waals surface area contributed by atoms with Crippen molar-refractivity contribution in [1.82, 2.24) is 14.5 Å². The number of benzene rings is 1. The van der Waals surface area contributed by atoms with Gasteiger partial charge in [-0.15, -0.1) is 0 Å². The number of carbonyl (C=O) groups excluding carboxylic acids is 2. The normalized spacial score (nSPS) is 17.0. The van der Waals surface area contributed by atoms with Crippen LogP contribution in [0.4, 0.5) is 4.79 Å². The Kier molecular flexibility index (Phi) is 6.75. The second-order valence-corrected chi connectivity index (χ2v) is 9.60. The molecular formula is C27H25N3O10. The molecule has 5 rings (SSSR count). The zero-order valence-corrected chi connectivity index (χ0v) is 21.4. The molecule has 0 bridgehead atoms. The van der Waals surface area contributed by atoms with E-state index < -0.39 is 29.6 Å². The summed E-state index contributed by atoms with van der Waals surface area (Å²) in [6.45, 7) is 1.16. The van der Waals surface area contributed by atoms with Crippen LogP contribution in [0.25, 0.3) is 22.3 Å². The molecule has 0 unspecified atom stereocenters. The summed E-state index contributed by atoms with van der Waals surface area (Å²) in [7, 11) is 0. The first-order valence-corrected chi connectivity index (χ1v) is 12.5. The summed E-state index contributed by atoms with van der Waals surface area (Å²) in [5, 5.41) is 29.5. The number of cyclic esters (lactones) is 1. The van der Waals surface area contributed by atoms with E-state index in [1.807, 2.05) is 0 Å². The van der Waals surface area contributed by atoms with Gasteiger partial charge in [-0.1, -0.05) is 6.92 Å². The molecule has 3 aromatic rings. The summed E-state index contributed by atoms with van der Waals surface area (Å²) in [6.07, 6.45) is -1.60. The molecule has 1 atom stereocenters. The molecule has 0 saturated heterocycles. The molecule has 2 aliphatic rings. The van der Waals surface area contributed by atoms with E-state index in [0.29, 0.717) is 27.9 Å². The standard InChI is InChI=1S/C27H25N3O10/c1-2-27(38)18-11-20-23-15(12-30(20)24(35)17(18)13-39-25(27)36)9-14-10-16(3-4-19(14)28-23)40-26(37)29(7-5-21(31)32)8-6-22(33)34/h3-4,9-11,38H,2,5-8,12-13H2,1H3,(H,31,32)(H,33,34)/t27-/m0/s1. The quantitative estimate of drug-likeness (QED) is 0.271. The molecule has 2 aliphatic heterocycles. The monoisotopic (exact) mass is 551 g/mol. The molecule has 2 aromatic heterocycles. The fraction of sp³-hybridized carbons (Fsp3) is 0.333. The van der Waals surface area contributed by atoms with Crippen LogP contribution in [-0.2, 0) is 37.9 Å². The number of aliphatic hydroxyl groups is 1. The van der Waals surface area contributed by atoms with Crippen LogP contribution in [0, 0.1) is 0 Å². The Labute approximate surface area is 226 Å². The number of ether oxygens (including phenoxy) is 2. The zero-order chi connectivity index (χ0) is 28.8. The van der Waals surface area contributed by atoms with Crippen LogP contribution in [0.15, 0.2) is 35.1 Å². The van der Waals surface area contributed by atoms with Gasteiger partial charge in [-0.3, -0.25) is 14.4 Å². The van der Waals surface area contributed by atoms with Crippen molar-refractivity contribution < 1.29 is 44.0 Å². The van der Waals surface area contributed by atoms with Crippen molar-refractivity contribution in [3.63, 3.8) is 0 Å². The molecule has 0 radical (unpaired) electrons. The van der Waals surface area contributed by atoms with Gasteiger partial charge in [0.15, 0.2) is 5.60 Å². The maximum atomic E-state index is 13.3. The second-order valence-electron chi connectivity index (χ2n) is 9.60. The molecule has 4 heterocycles. The molecule has 1 amide bonds. The fourth-order valence-electron chi connectivity index (χ4n) is 4.95. The third-order valence-corrected chi connectivity index (χ3v) is 7.13. The van der Waals surface area contributed by atoms with Crippen molar-refractivity contribution >= 4 is 34.9 Å². The van der Waals surface area contributed by atoms with Gasteiger partial charge in [0, 0.05) is 29.6 Å². The number of nitrogens with zero attached hydrogens (tertiary/aromatic N) is 3. The minimum Gasteiger partial charge on any atom is -0.481 e. The average Bonchev–Trinajstić information content (AvgIpc) is 3.27. The maximum absolute atomic E-state index is 13.3. The van der Waals surface area contributed by atoms with Crippen LogP contribution < -0.4 is 10.3 Å². The van der Waals surface area contributed by atoms with Crippen molar-refractivity contribution in [2.45, 2.75) is 44.9 Å². The Morgan fingerprint density at radius 2 is 1.80 bits per heavy atom. The van der Waals surface area contributed by atoms with Gasteiger partial charge in [-0.2, -0.15) is 0 Å². The first-order chi connectivity index (χ1) is 19.0. The Morgan fingerprint density at radius 3 is 2.45 bits per heavy atom. The van der Waals surface area contributed by atoms with Crippen molar-refractivity contribution in [2.24, 2.45) is 0 Å². The molecule has 1 aromatic carbocycles. The van der Waals surface area contributed by atoms with E-state index in [-0.39, 0.29) is 67.9 Å². The average molecular weight is 552 g/mol. The number of aliphatic carboxylic acids is 2. The Hall–Kier alpha value is -4.78. The minimum atomic E-state index is -1.93. The van der Waals surface area contributed by atoms with E-state index in [1.165, 1.54) is 10.6 Å². The Bertz CT molecular complexity index is 1630. The van der Waals surface area contributed by atoms with Gasteiger partial charge in [-0.05, 0) is 36.8 Å². The molecule has 0 fully saturated rings. The van der Waals surface area contributed by atoms with Gasteiger partial charge in [0.1, 0.15) is 12.4 Å². The van der Waals surface area contributed by atoms with Gasteiger partial charge in [0.25, 0.3) is 5.56 Å². The fourth-order valence-corrected chi connectivity index (χ4v) is 4.95. The van der Waals surface area contributed by atoms with Crippen LogP contribution in [-0.4, -0.2) is 66.9 Å². The number of fused-ring (bicyclic) bond motifs is 5. The lowest BCUT2D eigenvalue weighted by Crippen LogP contribution is -2.44. The van der Waals surface area contributed by atoms with E-state index in [2.05, 4.69) is 0 Å². The first-order valence-electron chi connectivity index (χ1n) is 12.5. The molecule has 0 saturated carbocycles. The highest BCUT2D eigenvalue weighted by Gasteiger charge is 2.45. The Morgan fingerprint density at radius 1 is 1.10 bits per heavy atom. The lowest BCUT2D eigenvalue weighted by Gasteiger charge is -2.31. The summed E-state index contributed by atoms with van der Waals surface area (Å²) in [4.78, 5) is 65.9. The predicted molar refractivity (Wildman–Crippen MR) is 137 cm³/mol. The topological polar surface area (TPSA) is 186 Å². The number of carbonyl (C=O) groups is 4. The molecule has 40 heavy (non-hydrogen) atoms. The molecule has 0 aliphatic carbocycles. The van der Waals surface area contributed by atoms with Crippen molar-refractivity contribution in [1.29, 1.82) is 0 Å². The van der Waals surface area contributed by atoms with Gasteiger partial charge in [0.05, 0.1) is 41.9 Å².